The van der Waals surface area contributed by atoms with Crippen LogP contribution in [0.25, 0.3) is 0 Å². The summed E-state index contributed by atoms with van der Waals surface area (Å²) in [6, 6.07) is 14.1. The first-order valence-corrected chi connectivity index (χ1v) is 6.92. The highest BCUT2D eigenvalue weighted by Gasteiger charge is 2.12. The number of nitrogens with two attached hydrogens (primary N) is 1. The molecule has 106 valence electrons. The first-order chi connectivity index (χ1) is 9.70. The van der Waals surface area contributed by atoms with Crippen molar-refractivity contribution in [1.29, 1.82) is 0 Å². The Kier molecular flexibility index (Phi) is 5.13. The Morgan fingerprint density at radius 1 is 1.10 bits per heavy atom. The van der Waals surface area contributed by atoms with Crippen molar-refractivity contribution in [3.8, 4) is 5.75 Å². The lowest BCUT2D eigenvalue weighted by molar-refractivity contribution is 0.312. The Morgan fingerprint density at radius 3 is 2.50 bits per heavy atom. The van der Waals surface area contributed by atoms with Crippen molar-refractivity contribution in [3.63, 3.8) is 0 Å². The molecule has 2 N–H and O–H groups in total. The number of benzene rings is 2. The van der Waals surface area contributed by atoms with Gasteiger partial charge in [0.2, 0.25) is 0 Å². The van der Waals surface area contributed by atoms with Gasteiger partial charge < -0.3 is 10.5 Å². The maximum Gasteiger partial charge on any atom is 0.124 e. The van der Waals surface area contributed by atoms with Crippen LogP contribution in [-0.2, 0) is 6.42 Å². The quantitative estimate of drug-likeness (QED) is 0.867. The number of hydrogen-bond acceptors (Lipinski definition) is 2. The summed E-state index contributed by atoms with van der Waals surface area (Å²) in [5.74, 6) is 0.609. The Morgan fingerprint density at radius 2 is 1.80 bits per heavy atom. The summed E-state index contributed by atoms with van der Waals surface area (Å²) < 4.78 is 18.6. The van der Waals surface area contributed by atoms with Crippen LogP contribution >= 0.6 is 0 Å². The molecular weight excluding hydrogens is 253 g/mol. The molecule has 0 heterocycles. The minimum atomic E-state index is -0.228. The fraction of sp³-hybridized carbons (Fsp3) is 0.294. The molecule has 0 saturated carbocycles. The van der Waals surface area contributed by atoms with Gasteiger partial charge in [0, 0.05) is 11.6 Å². The van der Waals surface area contributed by atoms with Crippen LogP contribution in [0.15, 0.2) is 48.5 Å². The Bertz CT molecular complexity index is 539. The van der Waals surface area contributed by atoms with E-state index in [0.717, 1.165) is 23.3 Å². The zero-order valence-electron chi connectivity index (χ0n) is 11.7. The normalized spacial score (nSPS) is 12.2. The summed E-state index contributed by atoms with van der Waals surface area (Å²) >= 11 is 0. The second kappa shape index (κ2) is 7.06. The molecule has 1 atom stereocenters. The lowest BCUT2D eigenvalue weighted by Crippen LogP contribution is -2.15. The Hall–Kier alpha value is -1.87. The summed E-state index contributed by atoms with van der Waals surface area (Å²) in [4.78, 5) is 0. The molecule has 20 heavy (non-hydrogen) atoms. The van der Waals surface area contributed by atoms with E-state index in [1.807, 2.05) is 24.3 Å². The summed E-state index contributed by atoms with van der Waals surface area (Å²) in [5.41, 5.74) is 8.27. The molecule has 2 nitrogen and oxygen atoms in total. The molecule has 0 spiro atoms. The lowest BCUT2D eigenvalue weighted by atomic mass is 9.99. The molecule has 0 aliphatic carbocycles. The molecule has 0 bridgehead atoms. The van der Waals surface area contributed by atoms with Crippen molar-refractivity contribution in [2.24, 2.45) is 5.73 Å². The Balaban J connectivity index is 2.12. The van der Waals surface area contributed by atoms with Gasteiger partial charge in [-0.1, -0.05) is 37.3 Å². The molecule has 2 rings (SSSR count). The molecule has 0 aromatic heterocycles. The van der Waals surface area contributed by atoms with E-state index in [9.17, 15) is 4.39 Å². The van der Waals surface area contributed by atoms with Gasteiger partial charge in [-0.05, 0) is 36.6 Å². The highest BCUT2D eigenvalue weighted by molar-refractivity contribution is 5.36. The SMILES string of the molecule is CCCOc1ccccc1C(N)Cc1ccc(F)cc1. The maximum absolute atomic E-state index is 12.9. The minimum Gasteiger partial charge on any atom is -0.493 e. The second-order valence-electron chi connectivity index (χ2n) is 4.82. The van der Waals surface area contributed by atoms with Crippen molar-refractivity contribution in [2.75, 3.05) is 6.61 Å². The number of para-hydroxylation sites is 1. The van der Waals surface area contributed by atoms with Crippen LogP contribution in [0.3, 0.4) is 0 Å². The molecule has 0 saturated heterocycles. The maximum atomic E-state index is 12.9. The molecule has 0 fully saturated rings. The molecule has 0 radical (unpaired) electrons. The first-order valence-electron chi connectivity index (χ1n) is 6.92. The number of halogens is 1. The van der Waals surface area contributed by atoms with Crippen LogP contribution < -0.4 is 10.5 Å². The van der Waals surface area contributed by atoms with Crippen LogP contribution in [0.2, 0.25) is 0 Å². The van der Waals surface area contributed by atoms with Crippen LogP contribution in [0.1, 0.15) is 30.5 Å². The summed E-state index contributed by atoms with van der Waals surface area (Å²) in [6.45, 7) is 2.75. The molecule has 0 amide bonds. The van der Waals surface area contributed by atoms with E-state index in [0.29, 0.717) is 13.0 Å². The van der Waals surface area contributed by atoms with E-state index < -0.39 is 0 Å². The summed E-state index contributed by atoms with van der Waals surface area (Å²) in [6.07, 6.45) is 1.62. The van der Waals surface area contributed by atoms with Crippen molar-refractivity contribution in [2.45, 2.75) is 25.8 Å². The largest absolute Gasteiger partial charge is 0.493 e. The van der Waals surface area contributed by atoms with Gasteiger partial charge in [0.25, 0.3) is 0 Å². The van der Waals surface area contributed by atoms with Gasteiger partial charge in [-0.2, -0.15) is 0 Å². The minimum absolute atomic E-state index is 0.159. The summed E-state index contributed by atoms with van der Waals surface area (Å²) in [7, 11) is 0. The molecule has 2 aromatic rings. The van der Waals surface area contributed by atoms with Crippen molar-refractivity contribution in [3.05, 3.63) is 65.5 Å². The van der Waals surface area contributed by atoms with Gasteiger partial charge in [-0.15, -0.1) is 0 Å². The van der Waals surface area contributed by atoms with E-state index in [1.54, 1.807) is 12.1 Å². The number of hydrogen-bond donors (Lipinski definition) is 1. The third-order valence-electron chi connectivity index (χ3n) is 3.15. The van der Waals surface area contributed by atoms with Gasteiger partial charge in [-0.25, -0.2) is 4.39 Å². The van der Waals surface area contributed by atoms with Crippen LogP contribution in [-0.4, -0.2) is 6.61 Å². The van der Waals surface area contributed by atoms with E-state index >= 15 is 0 Å². The average Bonchev–Trinajstić information content (AvgIpc) is 2.47. The van der Waals surface area contributed by atoms with Crippen LogP contribution in [0.4, 0.5) is 4.39 Å². The third kappa shape index (κ3) is 3.81. The van der Waals surface area contributed by atoms with Gasteiger partial charge in [0.1, 0.15) is 11.6 Å². The van der Waals surface area contributed by atoms with E-state index in [2.05, 4.69) is 6.92 Å². The smallest absolute Gasteiger partial charge is 0.124 e. The Labute approximate surface area is 119 Å². The second-order valence-corrected chi connectivity index (χ2v) is 4.82. The molecule has 0 aliphatic rings. The van der Waals surface area contributed by atoms with Crippen molar-refractivity contribution in [1.82, 2.24) is 0 Å². The van der Waals surface area contributed by atoms with Gasteiger partial charge in [0.15, 0.2) is 0 Å². The standard InChI is InChI=1S/C17H20FNO/c1-2-11-20-17-6-4-3-5-15(17)16(19)12-13-7-9-14(18)10-8-13/h3-10,16H,2,11-12,19H2,1H3. The fourth-order valence-electron chi connectivity index (χ4n) is 2.11. The van der Waals surface area contributed by atoms with Crippen molar-refractivity contribution < 1.29 is 9.13 Å². The van der Waals surface area contributed by atoms with Gasteiger partial charge in [-0.3, -0.25) is 0 Å². The number of ether oxygens (including phenoxy) is 1. The topological polar surface area (TPSA) is 35.2 Å². The molecule has 2 aromatic carbocycles. The number of rotatable bonds is 6. The lowest BCUT2D eigenvalue weighted by Gasteiger charge is -2.17. The summed E-state index contributed by atoms with van der Waals surface area (Å²) in [5, 5.41) is 0. The van der Waals surface area contributed by atoms with Gasteiger partial charge in [0.05, 0.1) is 6.61 Å². The fourth-order valence-corrected chi connectivity index (χ4v) is 2.11. The molecule has 1 unspecified atom stereocenters. The highest BCUT2D eigenvalue weighted by Crippen LogP contribution is 2.26. The highest BCUT2D eigenvalue weighted by atomic mass is 19.1. The zero-order chi connectivity index (χ0) is 14.4. The average molecular weight is 273 g/mol. The molecule has 0 aliphatic heterocycles. The van der Waals surface area contributed by atoms with E-state index in [4.69, 9.17) is 10.5 Å². The van der Waals surface area contributed by atoms with Crippen LogP contribution in [0, 0.1) is 5.82 Å². The predicted octanol–water partition coefficient (Wildman–Crippen LogP) is 3.86. The van der Waals surface area contributed by atoms with Gasteiger partial charge >= 0.3 is 0 Å². The van der Waals surface area contributed by atoms with E-state index in [1.165, 1.54) is 12.1 Å². The third-order valence-corrected chi connectivity index (χ3v) is 3.15. The van der Waals surface area contributed by atoms with E-state index in [-0.39, 0.29) is 11.9 Å². The predicted molar refractivity (Wildman–Crippen MR) is 79.3 cm³/mol. The zero-order valence-corrected chi connectivity index (χ0v) is 11.7. The first kappa shape index (κ1) is 14.5. The molecule has 3 heteroatoms. The molecular formula is C17H20FNO. The van der Waals surface area contributed by atoms with Crippen LogP contribution in [0.5, 0.6) is 5.75 Å². The monoisotopic (exact) mass is 273 g/mol. The van der Waals surface area contributed by atoms with Crippen molar-refractivity contribution >= 4 is 0 Å².